The molecule has 0 atom stereocenters. The van der Waals surface area contributed by atoms with Crippen LogP contribution in [-0.4, -0.2) is 29.5 Å². The van der Waals surface area contributed by atoms with Crippen LogP contribution in [-0.2, 0) is 13.0 Å². The van der Waals surface area contributed by atoms with Gasteiger partial charge in [0.15, 0.2) is 0 Å². The quantitative estimate of drug-likeness (QED) is 0.911. The number of urea groups is 1. The highest BCUT2D eigenvalue weighted by Crippen LogP contribution is 2.05. The molecular formula is C14H17N3OS. The van der Waals surface area contributed by atoms with Crippen LogP contribution >= 0.6 is 11.3 Å². The summed E-state index contributed by atoms with van der Waals surface area (Å²) in [7, 11) is 1.80. The fourth-order valence-electron chi connectivity index (χ4n) is 1.65. The second-order valence-corrected chi connectivity index (χ2v) is 5.22. The molecule has 1 N–H and O–H groups in total. The van der Waals surface area contributed by atoms with E-state index in [0.29, 0.717) is 13.1 Å². The van der Waals surface area contributed by atoms with Crippen LogP contribution in [0.3, 0.4) is 0 Å². The molecule has 1 aromatic heterocycles. The number of nitrogens with zero attached hydrogens (tertiary/aromatic N) is 2. The van der Waals surface area contributed by atoms with Crippen LogP contribution in [0.2, 0.25) is 0 Å². The van der Waals surface area contributed by atoms with Crippen LogP contribution in [0.4, 0.5) is 4.79 Å². The van der Waals surface area contributed by atoms with E-state index in [1.807, 2.05) is 35.7 Å². The summed E-state index contributed by atoms with van der Waals surface area (Å²) in [5.74, 6) is 0. The van der Waals surface area contributed by atoms with Crippen molar-refractivity contribution in [2.45, 2.75) is 13.0 Å². The molecule has 2 aromatic rings. The number of rotatable bonds is 5. The smallest absolute Gasteiger partial charge is 0.317 e. The van der Waals surface area contributed by atoms with Crippen LogP contribution in [0.1, 0.15) is 10.6 Å². The number of hydrogen-bond acceptors (Lipinski definition) is 3. The molecule has 0 fully saturated rings. The maximum atomic E-state index is 11.9. The molecule has 0 bridgehead atoms. The minimum Gasteiger partial charge on any atom is -0.334 e. The summed E-state index contributed by atoms with van der Waals surface area (Å²) in [4.78, 5) is 17.8. The highest BCUT2D eigenvalue weighted by Gasteiger charge is 2.08. The fraction of sp³-hybridized carbons (Fsp3) is 0.286. The van der Waals surface area contributed by atoms with Gasteiger partial charge in [0.2, 0.25) is 0 Å². The third-order valence-electron chi connectivity index (χ3n) is 2.78. The minimum atomic E-state index is -0.0552. The summed E-state index contributed by atoms with van der Waals surface area (Å²) in [6.07, 6.45) is 2.59. The first-order valence-electron chi connectivity index (χ1n) is 6.17. The van der Waals surface area contributed by atoms with Gasteiger partial charge in [-0.05, 0) is 5.56 Å². The Morgan fingerprint density at radius 1 is 1.37 bits per heavy atom. The van der Waals surface area contributed by atoms with Crippen molar-refractivity contribution in [1.82, 2.24) is 15.2 Å². The van der Waals surface area contributed by atoms with Crippen molar-refractivity contribution < 1.29 is 4.79 Å². The van der Waals surface area contributed by atoms with E-state index in [9.17, 15) is 4.79 Å². The van der Waals surface area contributed by atoms with Gasteiger partial charge in [-0.25, -0.2) is 9.78 Å². The van der Waals surface area contributed by atoms with E-state index in [0.717, 1.165) is 17.0 Å². The number of thiazole rings is 1. The normalized spacial score (nSPS) is 10.2. The number of benzene rings is 1. The third-order valence-corrected chi connectivity index (χ3v) is 3.62. The molecule has 0 spiro atoms. The Labute approximate surface area is 117 Å². The number of carbonyl (C=O) groups excluding carboxylic acids is 1. The molecule has 1 heterocycles. The minimum absolute atomic E-state index is 0.0552. The number of aromatic nitrogens is 1. The first-order valence-corrected chi connectivity index (χ1v) is 7.05. The molecule has 5 heteroatoms. The first kappa shape index (κ1) is 13.5. The lowest BCUT2D eigenvalue weighted by molar-refractivity contribution is 0.209. The Morgan fingerprint density at radius 2 is 2.16 bits per heavy atom. The number of carbonyl (C=O) groups is 1. The highest BCUT2D eigenvalue weighted by molar-refractivity contribution is 7.09. The average molecular weight is 275 g/mol. The topological polar surface area (TPSA) is 45.2 Å². The van der Waals surface area contributed by atoms with Crippen molar-refractivity contribution in [2.24, 2.45) is 0 Å². The Bertz CT molecular complexity index is 499. The molecule has 0 saturated carbocycles. The lowest BCUT2D eigenvalue weighted by Crippen LogP contribution is -2.37. The van der Waals surface area contributed by atoms with Gasteiger partial charge in [0.25, 0.3) is 0 Å². The van der Waals surface area contributed by atoms with E-state index >= 15 is 0 Å². The fourth-order valence-corrected chi connectivity index (χ4v) is 2.26. The van der Waals surface area contributed by atoms with Gasteiger partial charge in [-0.15, -0.1) is 11.3 Å². The van der Waals surface area contributed by atoms with Crippen molar-refractivity contribution in [3.8, 4) is 0 Å². The van der Waals surface area contributed by atoms with Crippen molar-refractivity contribution in [3.63, 3.8) is 0 Å². The number of nitrogens with one attached hydrogen (secondary N) is 1. The van der Waals surface area contributed by atoms with E-state index in [1.54, 1.807) is 29.5 Å². The maximum absolute atomic E-state index is 11.9. The van der Waals surface area contributed by atoms with Crippen molar-refractivity contribution in [2.75, 3.05) is 13.6 Å². The van der Waals surface area contributed by atoms with Crippen LogP contribution in [0.5, 0.6) is 0 Å². The summed E-state index contributed by atoms with van der Waals surface area (Å²) in [6.45, 7) is 1.23. The second kappa shape index (κ2) is 6.89. The molecule has 100 valence electrons. The van der Waals surface area contributed by atoms with Crippen molar-refractivity contribution in [1.29, 1.82) is 0 Å². The summed E-state index contributed by atoms with van der Waals surface area (Å²) in [5.41, 5.74) is 1.10. The number of hydrogen-bond donors (Lipinski definition) is 1. The zero-order valence-electron chi connectivity index (χ0n) is 10.9. The van der Waals surface area contributed by atoms with E-state index < -0.39 is 0 Å². The summed E-state index contributed by atoms with van der Waals surface area (Å²) in [6, 6.07) is 9.83. The van der Waals surface area contributed by atoms with Gasteiger partial charge in [-0.1, -0.05) is 30.3 Å². The van der Waals surface area contributed by atoms with Crippen LogP contribution in [0.25, 0.3) is 0 Å². The van der Waals surface area contributed by atoms with Gasteiger partial charge in [-0.2, -0.15) is 0 Å². The predicted octanol–water partition coefficient (Wildman–Crippen LogP) is 2.53. The Hall–Kier alpha value is -1.88. The highest BCUT2D eigenvalue weighted by atomic mass is 32.1. The lowest BCUT2D eigenvalue weighted by Gasteiger charge is -2.17. The molecule has 0 aliphatic rings. The molecule has 0 saturated heterocycles. The molecule has 4 nitrogen and oxygen atoms in total. The van der Waals surface area contributed by atoms with E-state index in [2.05, 4.69) is 10.3 Å². The lowest BCUT2D eigenvalue weighted by atomic mass is 10.2. The largest absolute Gasteiger partial charge is 0.334 e. The molecule has 0 radical (unpaired) electrons. The average Bonchev–Trinajstić information content (AvgIpc) is 2.96. The van der Waals surface area contributed by atoms with E-state index in [-0.39, 0.29) is 6.03 Å². The Morgan fingerprint density at radius 3 is 2.84 bits per heavy atom. The molecule has 2 rings (SSSR count). The number of amides is 2. The molecule has 0 unspecified atom stereocenters. The van der Waals surface area contributed by atoms with Crippen molar-refractivity contribution in [3.05, 3.63) is 52.5 Å². The van der Waals surface area contributed by atoms with Gasteiger partial charge in [0.05, 0.1) is 5.01 Å². The molecule has 0 aliphatic heterocycles. The van der Waals surface area contributed by atoms with E-state index in [1.165, 1.54) is 0 Å². The summed E-state index contributed by atoms with van der Waals surface area (Å²) >= 11 is 1.62. The van der Waals surface area contributed by atoms with Gasteiger partial charge in [0, 0.05) is 38.1 Å². The zero-order valence-corrected chi connectivity index (χ0v) is 11.7. The SMILES string of the molecule is CN(CCc1nccs1)C(=O)NCc1ccccc1. The van der Waals surface area contributed by atoms with Gasteiger partial charge >= 0.3 is 6.03 Å². The van der Waals surface area contributed by atoms with Crippen LogP contribution < -0.4 is 5.32 Å². The van der Waals surface area contributed by atoms with Crippen LogP contribution in [0, 0.1) is 0 Å². The zero-order chi connectivity index (χ0) is 13.5. The predicted molar refractivity (Wildman–Crippen MR) is 77.1 cm³/mol. The maximum Gasteiger partial charge on any atom is 0.317 e. The molecule has 1 aromatic carbocycles. The molecule has 0 aliphatic carbocycles. The van der Waals surface area contributed by atoms with Gasteiger partial charge in [0.1, 0.15) is 0 Å². The summed E-state index contributed by atoms with van der Waals surface area (Å²) in [5, 5.41) is 5.91. The standard InChI is InChI=1S/C14H17N3OS/c1-17(9-7-13-15-8-10-19-13)14(18)16-11-12-5-3-2-4-6-12/h2-6,8,10H,7,9,11H2,1H3,(H,16,18). The Balaban J connectivity index is 1.73. The molecule has 19 heavy (non-hydrogen) atoms. The van der Waals surface area contributed by atoms with Crippen molar-refractivity contribution >= 4 is 17.4 Å². The monoisotopic (exact) mass is 275 g/mol. The summed E-state index contributed by atoms with van der Waals surface area (Å²) < 4.78 is 0. The van der Waals surface area contributed by atoms with Crippen LogP contribution in [0.15, 0.2) is 41.9 Å². The molecular weight excluding hydrogens is 258 g/mol. The second-order valence-electron chi connectivity index (χ2n) is 4.24. The van der Waals surface area contributed by atoms with Gasteiger partial charge in [-0.3, -0.25) is 0 Å². The first-order chi connectivity index (χ1) is 9.25. The molecule has 2 amide bonds. The number of likely N-dealkylation sites (N-methyl/N-ethyl adjacent to an activating group) is 1. The Kier molecular flexibility index (Phi) is 4.92. The third kappa shape index (κ3) is 4.37. The van der Waals surface area contributed by atoms with E-state index in [4.69, 9.17) is 0 Å². The van der Waals surface area contributed by atoms with Gasteiger partial charge < -0.3 is 10.2 Å².